The van der Waals surface area contributed by atoms with Gasteiger partial charge < -0.3 is 14.7 Å². The van der Waals surface area contributed by atoms with Crippen LogP contribution in [0.1, 0.15) is 24.1 Å². The van der Waals surface area contributed by atoms with Gasteiger partial charge in [-0.05, 0) is 19.4 Å². The van der Waals surface area contributed by atoms with Gasteiger partial charge in [0.25, 0.3) is 5.91 Å². The summed E-state index contributed by atoms with van der Waals surface area (Å²) in [4.78, 5) is 25.5. The van der Waals surface area contributed by atoms with Crippen LogP contribution in [-0.2, 0) is 14.3 Å². The summed E-state index contributed by atoms with van der Waals surface area (Å²) in [7, 11) is 1.54. The Morgan fingerprint density at radius 1 is 1.33 bits per heavy atom. The highest BCUT2D eigenvalue weighted by Crippen LogP contribution is 2.37. The lowest BCUT2D eigenvalue weighted by Gasteiger charge is -2.26. The molecule has 1 aromatic rings. The van der Waals surface area contributed by atoms with Crippen molar-refractivity contribution < 1.29 is 19.4 Å². The number of methoxy groups -OCH3 is 1. The first-order valence-electron chi connectivity index (χ1n) is 6.78. The molecule has 1 heterocycles. The van der Waals surface area contributed by atoms with Gasteiger partial charge in [0.15, 0.2) is 11.5 Å². The molecule has 0 saturated carbocycles. The largest absolute Gasteiger partial charge is 0.503 e. The number of aliphatic hydroxyl groups is 1. The van der Waals surface area contributed by atoms with Crippen molar-refractivity contribution in [1.82, 2.24) is 4.90 Å². The van der Waals surface area contributed by atoms with Gasteiger partial charge in [0, 0.05) is 13.7 Å². The summed E-state index contributed by atoms with van der Waals surface area (Å²) in [6.45, 7) is 3.98. The van der Waals surface area contributed by atoms with Crippen molar-refractivity contribution in [2.24, 2.45) is 0 Å². The second-order valence-corrected chi connectivity index (χ2v) is 5.12. The number of benzene rings is 1. The fourth-order valence-corrected chi connectivity index (χ4v) is 2.53. The topological polar surface area (TPSA) is 66.8 Å². The van der Waals surface area contributed by atoms with E-state index < -0.39 is 17.7 Å². The number of carbonyl (C=O) groups excluding carboxylic acids is 2. The van der Waals surface area contributed by atoms with E-state index in [1.54, 1.807) is 7.11 Å². The number of ketones is 1. The zero-order valence-corrected chi connectivity index (χ0v) is 12.4. The smallest absolute Gasteiger partial charge is 0.290 e. The number of amides is 1. The first-order valence-corrected chi connectivity index (χ1v) is 6.78. The van der Waals surface area contributed by atoms with Crippen LogP contribution in [0.25, 0.3) is 0 Å². The van der Waals surface area contributed by atoms with Gasteiger partial charge in [0.05, 0.1) is 18.2 Å². The minimum atomic E-state index is -0.550. The SMILES string of the molecule is COCCN1C(=O)C(O)=C(C(C)=O)C1c1ccc(C)cc1. The molecule has 0 aliphatic carbocycles. The second kappa shape index (κ2) is 6.10. The molecule has 1 aliphatic heterocycles. The van der Waals surface area contributed by atoms with Crippen LogP contribution in [0.3, 0.4) is 0 Å². The van der Waals surface area contributed by atoms with Gasteiger partial charge in [-0.2, -0.15) is 0 Å². The minimum Gasteiger partial charge on any atom is -0.503 e. The standard InChI is InChI=1S/C16H19NO4/c1-10-4-6-12(7-5-10)14-13(11(2)18)15(19)16(20)17(14)8-9-21-3/h4-7,14,19H,8-9H2,1-3H3. The van der Waals surface area contributed by atoms with Crippen LogP contribution in [0.15, 0.2) is 35.6 Å². The monoisotopic (exact) mass is 289 g/mol. The molecule has 0 radical (unpaired) electrons. The lowest BCUT2D eigenvalue weighted by Crippen LogP contribution is -2.33. The average molecular weight is 289 g/mol. The van der Waals surface area contributed by atoms with Gasteiger partial charge >= 0.3 is 0 Å². The molecular formula is C16H19NO4. The average Bonchev–Trinajstić information content (AvgIpc) is 2.70. The van der Waals surface area contributed by atoms with Crippen molar-refractivity contribution in [2.45, 2.75) is 19.9 Å². The highest BCUT2D eigenvalue weighted by atomic mass is 16.5. The van der Waals surface area contributed by atoms with E-state index in [-0.39, 0.29) is 11.4 Å². The Morgan fingerprint density at radius 2 is 1.95 bits per heavy atom. The lowest BCUT2D eigenvalue weighted by atomic mass is 9.96. The number of nitrogens with zero attached hydrogens (tertiary/aromatic N) is 1. The summed E-state index contributed by atoms with van der Waals surface area (Å²) >= 11 is 0. The molecule has 1 aliphatic rings. The zero-order chi connectivity index (χ0) is 15.6. The quantitative estimate of drug-likeness (QED) is 0.899. The summed E-state index contributed by atoms with van der Waals surface area (Å²) in [6.07, 6.45) is 0. The molecule has 2 rings (SSSR count). The molecule has 5 heteroatoms. The van der Waals surface area contributed by atoms with Crippen LogP contribution < -0.4 is 0 Å². The third-order valence-electron chi connectivity index (χ3n) is 3.61. The van der Waals surface area contributed by atoms with Gasteiger partial charge in [-0.25, -0.2) is 0 Å². The van der Waals surface area contributed by atoms with Crippen molar-refractivity contribution in [1.29, 1.82) is 0 Å². The van der Waals surface area contributed by atoms with Crippen LogP contribution in [-0.4, -0.2) is 42.0 Å². The maximum atomic E-state index is 12.2. The van der Waals surface area contributed by atoms with Crippen LogP contribution in [0.4, 0.5) is 0 Å². The summed E-state index contributed by atoms with van der Waals surface area (Å²) < 4.78 is 5.01. The molecule has 21 heavy (non-hydrogen) atoms. The van der Waals surface area contributed by atoms with Crippen molar-refractivity contribution in [3.8, 4) is 0 Å². The molecule has 1 aromatic carbocycles. The highest BCUT2D eigenvalue weighted by Gasteiger charge is 2.41. The third-order valence-corrected chi connectivity index (χ3v) is 3.61. The molecule has 0 aromatic heterocycles. The van der Waals surface area contributed by atoms with Gasteiger partial charge in [0.2, 0.25) is 0 Å². The molecule has 0 bridgehead atoms. The molecule has 0 saturated heterocycles. The number of carbonyl (C=O) groups is 2. The van der Waals surface area contributed by atoms with Crippen LogP contribution in [0.2, 0.25) is 0 Å². The first-order chi connectivity index (χ1) is 9.97. The molecule has 1 N–H and O–H groups in total. The molecule has 0 spiro atoms. The van der Waals surface area contributed by atoms with Gasteiger partial charge in [0.1, 0.15) is 0 Å². The molecule has 1 unspecified atom stereocenters. The Hall–Kier alpha value is -2.14. The number of Topliss-reactive ketones (excluding diaryl/α,β-unsaturated/α-hetero) is 1. The van der Waals surface area contributed by atoms with Crippen LogP contribution in [0, 0.1) is 6.92 Å². The van der Waals surface area contributed by atoms with Crippen molar-refractivity contribution >= 4 is 11.7 Å². The summed E-state index contributed by atoms with van der Waals surface area (Å²) in [5.41, 5.74) is 2.04. The van der Waals surface area contributed by atoms with Crippen LogP contribution >= 0.6 is 0 Å². The Morgan fingerprint density at radius 3 is 2.48 bits per heavy atom. The van der Waals surface area contributed by atoms with Crippen molar-refractivity contribution in [3.05, 3.63) is 46.7 Å². The van der Waals surface area contributed by atoms with E-state index >= 15 is 0 Å². The van der Waals surface area contributed by atoms with E-state index in [1.807, 2.05) is 31.2 Å². The van der Waals surface area contributed by atoms with E-state index in [2.05, 4.69) is 0 Å². The normalized spacial score (nSPS) is 18.5. The lowest BCUT2D eigenvalue weighted by molar-refractivity contribution is -0.130. The number of aliphatic hydroxyl groups excluding tert-OH is 1. The number of aryl methyl sites for hydroxylation is 1. The summed E-state index contributed by atoms with van der Waals surface area (Å²) in [6, 6.07) is 7.03. The number of hydrogen-bond donors (Lipinski definition) is 1. The number of hydrogen-bond acceptors (Lipinski definition) is 4. The fourth-order valence-electron chi connectivity index (χ4n) is 2.53. The third kappa shape index (κ3) is 2.83. The van der Waals surface area contributed by atoms with E-state index in [9.17, 15) is 14.7 Å². The van der Waals surface area contributed by atoms with E-state index in [0.717, 1.165) is 11.1 Å². The first kappa shape index (κ1) is 15.3. The predicted octanol–water partition coefficient (Wildman–Crippen LogP) is 1.93. The Labute approximate surface area is 123 Å². The molecule has 1 amide bonds. The van der Waals surface area contributed by atoms with E-state index in [1.165, 1.54) is 11.8 Å². The van der Waals surface area contributed by atoms with Crippen molar-refractivity contribution in [3.63, 3.8) is 0 Å². The number of ether oxygens (including phenoxy) is 1. The van der Waals surface area contributed by atoms with Crippen molar-refractivity contribution in [2.75, 3.05) is 20.3 Å². The predicted molar refractivity (Wildman–Crippen MR) is 77.8 cm³/mol. The summed E-state index contributed by atoms with van der Waals surface area (Å²) in [5.74, 6) is -1.28. The number of rotatable bonds is 5. The Kier molecular flexibility index (Phi) is 4.43. The molecule has 112 valence electrons. The van der Waals surface area contributed by atoms with Gasteiger partial charge in [-0.1, -0.05) is 29.8 Å². The Balaban J connectivity index is 2.46. The molecule has 0 fully saturated rings. The maximum Gasteiger partial charge on any atom is 0.290 e. The van der Waals surface area contributed by atoms with Gasteiger partial charge in [-0.15, -0.1) is 0 Å². The van der Waals surface area contributed by atoms with Crippen LogP contribution in [0.5, 0.6) is 0 Å². The van der Waals surface area contributed by atoms with Gasteiger partial charge in [-0.3, -0.25) is 9.59 Å². The highest BCUT2D eigenvalue weighted by molar-refractivity contribution is 6.08. The molecule has 5 nitrogen and oxygen atoms in total. The molecule has 1 atom stereocenters. The second-order valence-electron chi connectivity index (χ2n) is 5.12. The summed E-state index contributed by atoms with van der Waals surface area (Å²) in [5, 5.41) is 10.0. The minimum absolute atomic E-state index is 0.153. The zero-order valence-electron chi connectivity index (χ0n) is 12.4. The Bertz CT molecular complexity index is 589. The fraction of sp³-hybridized carbons (Fsp3) is 0.375. The van der Waals surface area contributed by atoms with E-state index in [0.29, 0.717) is 13.2 Å². The van der Waals surface area contributed by atoms with E-state index in [4.69, 9.17) is 4.74 Å². The molecular weight excluding hydrogens is 270 g/mol. The maximum absolute atomic E-state index is 12.2.